The van der Waals surface area contributed by atoms with Gasteiger partial charge in [0.15, 0.2) is 11.6 Å². The van der Waals surface area contributed by atoms with E-state index in [4.69, 9.17) is 16.3 Å². The topological polar surface area (TPSA) is 26.3 Å². The van der Waals surface area contributed by atoms with Gasteiger partial charge in [-0.3, -0.25) is 4.79 Å². The molecule has 4 heteroatoms. The number of ether oxygens (including phenoxy) is 1. The maximum atomic E-state index is 13.1. The highest BCUT2D eigenvalue weighted by Crippen LogP contribution is 2.31. The minimum absolute atomic E-state index is 0.0284. The summed E-state index contributed by atoms with van der Waals surface area (Å²) in [6, 6.07) is 2.76. The summed E-state index contributed by atoms with van der Waals surface area (Å²) >= 11 is 5.64. The van der Waals surface area contributed by atoms with Crippen molar-refractivity contribution in [2.24, 2.45) is 0 Å². The lowest BCUT2D eigenvalue weighted by Crippen LogP contribution is -2.16. The minimum atomic E-state index is -0.574. The number of hydrogen-bond donors (Lipinski definition) is 0. The van der Waals surface area contributed by atoms with Gasteiger partial charge in [-0.1, -0.05) is 11.6 Å². The second kappa shape index (κ2) is 3.00. The quantitative estimate of drug-likeness (QED) is 0.475. The van der Waals surface area contributed by atoms with Gasteiger partial charge < -0.3 is 4.74 Å². The number of aryl methyl sites for hydroxylation is 1. The van der Waals surface area contributed by atoms with Crippen LogP contribution >= 0.6 is 11.6 Å². The van der Waals surface area contributed by atoms with Crippen molar-refractivity contribution in [1.82, 2.24) is 0 Å². The molecule has 0 bridgehead atoms. The number of hydrogen-bond acceptors (Lipinski definition) is 2. The van der Waals surface area contributed by atoms with Crippen LogP contribution in [0.25, 0.3) is 0 Å². The first-order valence-electron chi connectivity index (χ1n) is 3.85. The average Bonchev–Trinajstić information content (AvgIpc) is 2.06. The van der Waals surface area contributed by atoms with Crippen molar-refractivity contribution in [3.63, 3.8) is 0 Å². The van der Waals surface area contributed by atoms with E-state index in [2.05, 4.69) is 0 Å². The summed E-state index contributed by atoms with van der Waals surface area (Å²) in [5.41, 5.74) is 0.657. The molecule has 0 fully saturated rings. The van der Waals surface area contributed by atoms with Crippen molar-refractivity contribution in [2.75, 3.05) is 0 Å². The molecule has 1 aromatic rings. The molecule has 1 aromatic carbocycles. The number of halogens is 2. The molecular formula is C9H6ClFO2. The largest absolute Gasteiger partial charge is 0.423 e. The van der Waals surface area contributed by atoms with E-state index in [9.17, 15) is 9.18 Å². The molecule has 1 heterocycles. The fourth-order valence-corrected chi connectivity index (χ4v) is 1.54. The molecule has 2 nitrogen and oxygen atoms in total. The Bertz CT molecular complexity index is 376. The van der Waals surface area contributed by atoms with Crippen LogP contribution in [-0.4, -0.2) is 5.97 Å². The number of fused-ring (bicyclic) bond motifs is 1. The van der Waals surface area contributed by atoms with E-state index in [0.717, 1.165) is 6.07 Å². The van der Waals surface area contributed by atoms with Gasteiger partial charge in [-0.15, -0.1) is 0 Å². The third-order valence-electron chi connectivity index (χ3n) is 1.90. The standard InChI is InChI=1S/C9H6ClFO2/c10-6-3-5-1-2-8(12)13-9(5)7(11)4-6/h3-4H,1-2H2. The molecule has 0 aliphatic carbocycles. The van der Waals surface area contributed by atoms with E-state index in [0.29, 0.717) is 17.0 Å². The summed E-state index contributed by atoms with van der Waals surface area (Å²) in [7, 11) is 0. The van der Waals surface area contributed by atoms with Crippen LogP contribution in [0.1, 0.15) is 12.0 Å². The van der Waals surface area contributed by atoms with Gasteiger partial charge in [-0.05, 0) is 18.6 Å². The van der Waals surface area contributed by atoms with Gasteiger partial charge in [0.05, 0.1) is 6.42 Å². The van der Waals surface area contributed by atoms with Gasteiger partial charge in [0.2, 0.25) is 0 Å². The second-order valence-electron chi connectivity index (χ2n) is 2.85. The Morgan fingerprint density at radius 1 is 1.38 bits per heavy atom. The molecular weight excluding hydrogens is 195 g/mol. The van der Waals surface area contributed by atoms with Crippen LogP contribution in [0.5, 0.6) is 5.75 Å². The fourth-order valence-electron chi connectivity index (χ4n) is 1.32. The molecule has 0 aromatic heterocycles. The predicted molar refractivity (Wildman–Crippen MR) is 45.4 cm³/mol. The van der Waals surface area contributed by atoms with Crippen LogP contribution in [-0.2, 0) is 11.2 Å². The van der Waals surface area contributed by atoms with E-state index in [1.165, 1.54) is 0 Å². The normalized spacial score (nSPS) is 15.1. The van der Waals surface area contributed by atoms with Crippen LogP contribution in [0.15, 0.2) is 12.1 Å². The Balaban J connectivity index is 2.53. The molecule has 1 aliphatic rings. The average molecular weight is 201 g/mol. The monoisotopic (exact) mass is 200 g/mol. The smallest absolute Gasteiger partial charge is 0.311 e. The van der Waals surface area contributed by atoms with Crippen LogP contribution in [0, 0.1) is 5.82 Å². The minimum Gasteiger partial charge on any atom is -0.423 e. The van der Waals surface area contributed by atoms with Crippen molar-refractivity contribution >= 4 is 17.6 Å². The lowest BCUT2D eigenvalue weighted by atomic mass is 10.1. The van der Waals surface area contributed by atoms with E-state index in [1.54, 1.807) is 6.07 Å². The summed E-state index contributed by atoms with van der Waals surface area (Å²) in [6.07, 6.45) is 0.776. The Morgan fingerprint density at radius 2 is 2.15 bits per heavy atom. The molecule has 0 saturated carbocycles. The summed E-state index contributed by atoms with van der Waals surface area (Å²) in [5.74, 6) is -0.940. The van der Waals surface area contributed by atoms with Gasteiger partial charge in [-0.25, -0.2) is 4.39 Å². The van der Waals surface area contributed by atoms with E-state index in [1.807, 2.05) is 0 Å². The van der Waals surface area contributed by atoms with Gasteiger partial charge in [-0.2, -0.15) is 0 Å². The molecule has 0 N–H and O–H groups in total. The molecule has 0 spiro atoms. The van der Waals surface area contributed by atoms with Crippen molar-refractivity contribution in [3.8, 4) is 5.75 Å². The van der Waals surface area contributed by atoms with Crippen molar-refractivity contribution in [2.45, 2.75) is 12.8 Å². The maximum absolute atomic E-state index is 13.1. The first-order valence-corrected chi connectivity index (χ1v) is 4.23. The van der Waals surface area contributed by atoms with Crippen LogP contribution in [0.4, 0.5) is 4.39 Å². The van der Waals surface area contributed by atoms with E-state index < -0.39 is 11.8 Å². The molecule has 68 valence electrons. The lowest BCUT2D eigenvalue weighted by molar-refractivity contribution is -0.135. The molecule has 13 heavy (non-hydrogen) atoms. The maximum Gasteiger partial charge on any atom is 0.311 e. The lowest BCUT2D eigenvalue weighted by Gasteiger charge is -2.15. The highest BCUT2D eigenvalue weighted by Gasteiger charge is 2.21. The number of carbonyl (C=O) groups is 1. The molecule has 0 amide bonds. The molecule has 1 aliphatic heterocycles. The summed E-state index contributed by atoms with van der Waals surface area (Å²) in [6.45, 7) is 0. The van der Waals surface area contributed by atoms with Crippen molar-refractivity contribution in [1.29, 1.82) is 0 Å². The summed E-state index contributed by atoms with van der Waals surface area (Å²) < 4.78 is 17.9. The number of benzene rings is 1. The van der Waals surface area contributed by atoms with Crippen molar-refractivity contribution < 1.29 is 13.9 Å². The number of esters is 1. The fraction of sp³-hybridized carbons (Fsp3) is 0.222. The summed E-state index contributed by atoms with van der Waals surface area (Å²) in [4.78, 5) is 10.8. The van der Waals surface area contributed by atoms with Crippen LogP contribution < -0.4 is 4.74 Å². The van der Waals surface area contributed by atoms with Gasteiger partial charge in [0.1, 0.15) is 0 Å². The van der Waals surface area contributed by atoms with Gasteiger partial charge >= 0.3 is 5.97 Å². The Hall–Kier alpha value is -1.09. The van der Waals surface area contributed by atoms with E-state index >= 15 is 0 Å². The van der Waals surface area contributed by atoms with Crippen LogP contribution in [0.2, 0.25) is 5.02 Å². The zero-order valence-electron chi connectivity index (χ0n) is 6.64. The first-order chi connectivity index (χ1) is 6.16. The first kappa shape index (κ1) is 8.51. The number of carbonyl (C=O) groups excluding carboxylic acids is 1. The molecule has 0 saturated heterocycles. The zero-order valence-corrected chi connectivity index (χ0v) is 7.40. The van der Waals surface area contributed by atoms with Crippen molar-refractivity contribution in [3.05, 3.63) is 28.5 Å². The zero-order chi connectivity index (χ0) is 9.42. The molecule has 0 radical (unpaired) electrons. The predicted octanol–water partition coefficient (Wildman–Crippen LogP) is 2.33. The summed E-state index contributed by atoms with van der Waals surface area (Å²) in [5, 5.41) is 0.328. The highest BCUT2D eigenvalue weighted by atomic mass is 35.5. The number of rotatable bonds is 0. The highest BCUT2D eigenvalue weighted by molar-refractivity contribution is 6.30. The molecule has 0 atom stereocenters. The van der Waals surface area contributed by atoms with Gasteiger partial charge in [0.25, 0.3) is 0 Å². The molecule has 2 rings (SSSR count). The van der Waals surface area contributed by atoms with Crippen LogP contribution in [0.3, 0.4) is 0 Å². The third kappa shape index (κ3) is 1.52. The Morgan fingerprint density at radius 3 is 2.92 bits per heavy atom. The van der Waals surface area contributed by atoms with Gasteiger partial charge in [0, 0.05) is 10.6 Å². The molecule has 0 unspecified atom stereocenters. The SMILES string of the molecule is O=C1CCc2cc(Cl)cc(F)c2O1. The Labute approximate surface area is 79.3 Å². The Kier molecular flexibility index (Phi) is 1.96. The van der Waals surface area contributed by atoms with E-state index in [-0.39, 0.29) is 12.2 Å². The third-order valence-corrected chi connectivity index (χ3v) is 2.12. The second-order valence-corrected chi connectivity index (χ2v) is 3.29.